The number of halogens is 3. The molecule has 0 bridgehead atoms. The molecular formula is C11H15F3N2O. The van der Waals surface area contributed by atoms with Gasteiger partial charge in [-0.1, -0.05) is 0 Å². The van der Waals surface area contributed by atoms with Crippen molar-refractivity contribution in [1.82, 2.24) is 0 Å². The lowest BCUT2D eigenvalue weighted by Gasteiger charge is -2.11. The number of hydrogen-bond donors (Lipinski definition) is 2. The first-order chi connectivity index (χ1) is 7.92. The van der Waals surface area contributed by atoms with E-state index < -0.39 is 12.6 Å². The standard InChI is InChI=1S/C11H15F3N2O/c1-17-8-3-4-9(15)10(7-8)16-6-2-5-11(12,13)14/h3-4,7,16H,2,5-6,15H2,1H3. The third kappa shape index (κ3) is 4.84. The highest BCUT2D eigenvalue weighted by molar-refractivity contribution is 5.68. The van der Waals surface area contributed by atoms with Gasteiger partial charge in [0.1, 0.15) is 5.75 Å². The van der Waals surface area contributed by atoms with Crippen LogP contribution in [0.2, 0.25) is 0 Å². The van der Waals surface area contributed by atoms with Gasteiger partial charge in [-0.2, -0.15) is 13.2 Å². The van der Waals surface area contributed by atoms with E-state index in [0.29, 0.717) is 17.1 Å². The van der Waals surface area contributed by atoms with E-state index in [9.17, 15) is 13.2 Å². The number of benzene rings is 1. The van der Waals surface area contributed by atoms with Gasteiger partial charge in [0.15, 0.2) is 0 Å². The summed E-state index contributed by atoms with van der Waals surface area (Å²) < 4.78 is 40.7. The SMILES string of the molecule is COc1ccc(N)c(NCCCC(F)(F)F)c1. The molecule has 3 N–H and O–H groups in total. The van der Waals surface area contributed by atoms with Crippen molar-refractivity contribution in [3.63, 3.8) is 0 Å². The summed E-state index contributed by atoms with van der Waals surface area (Å²) in [6.07, 6.45) is -4.90. The Balaban J connectivity index is 2.46. The van der Waals surface area contributed by atoms with Crippen LogP contribution in [0.15, 0.2) is 18.2 Å². The lowest BCUT2D eigenvalue weighted by atomic mass is 10.2. The van der Waals surface area contributed by atoms with Gasteiger partial charge < -0.3 is 15.8 Å². The second-order valence-electron chi connectivity index (χ2n) is 3.60. The van der Waals surface area contributed by atoms with Crippen molar-refractivity contribution in [2.45, 2.75) is 19.0 Å². The van der Waals surface area contributed by atoms with Crippen molar-refractivity contribution in [2.24, 2.45) is 0 Å². The van der Waals surface area contributed by atoms with Crippen LogP contribution in [0.5, 0.6) is 5.75 Å². The molecule has 0 aromatic heterocycles. The number of hydrogen-bond acceptors (Lipinski definition) is 3. The van der Waals surface area contributed by atoms with Gasteiger partial charge in [0, 0.05) is 19.0 Å². The molecule has 0 spiro atoms. The molecule has 1 rings (SSSR count). The Morgan fingerprint density at radius 2 is 2.06 bits per heavy atom. The number of alkyl halides is 3. The van der Waals surface area contributed by atoms with Crippen LogP contribution in [-0.4, -0.2) is 19.8 Å². The van der Waals surface area contributed by atoms with E-state index in [1.54, 1.807) is 18.2 Å². The van der Waals surface area contributed by atoms with Crippen molar-refractivity contribution >= 4 is 11.4 Å². The van der Waals surface area contributed by atoms with Gasteiger partial charge in [-0.15, -0.1) is 0 Å². The summed E-state index contributed by atoms with van der Waals surface area (Å²) in [5.41, 5.74) is 6.75. The maximum atomic E-state index is 11.9. The molecule has 0 saturated heterocycles. The Labute approximate surface area is 97.8 Å². The summed E-state index contributed by atoms with van der Waals surface area (Å²) in [5.74, 6) is 0.609. The van der Waals surface area contributed by atoms with Crippen LogP contribution in [0.25, 0.3) is 0 Å². The lowest BCUT2D eigenvalue weighted by Crippen LogP contribution is -2.11. The van der Waals surface area contributed by atoms with E-state index in [1.807, 2.05) is 0 Å². The Kier molecular flexibility index (Phi) is 4.48. The molecule has 0 saturated carbocycles. The number of rotatable bonds is 5. The molecule has 1 aromatic carbocycles. The Bertz CT molecular complexity index is 366. The maximum absolute atomic E-state index is 11.9. The average Bonchev–Trinajstić information content (AvgIpc) is 2.25. The van der Waals surface area contributed by atoms with Gasteiger partial charge in [0.05, 0.1) is 18.5 Å². The summed E-state index contributed by atoms with van der Waals surface area (Å²) in [6.45, 7) is 0.219. The van der Waals surface area contributed by atoms with Gasteiger partial charge >= 0.3 is 6.18 Å². The highest BCUT2D eigenvalue weighted by Crippen LogP contribution is 2.25. The molecule has 0 unspecified atom stereocenters. The number of ether oxygens (including phenoxy) is 1. The van der Waals surface area contributed by atoms with Crippen molar-refractivity contribution in [1.29, 1.82) is 0 Å². The van der Waals surface area contributed by atoms with E-state index in [-0.39, 0.29) is 13.0 Å². The first kappa shape index (κ1) is 13.5. The molecule has 96 valence electrons. The molecule has 0 atom stereocenters. The second kappa shape index (κ2) is 5.65. The molecule has 0 aliphatic carbocycles. The lowest BCUT2D eigenvalue weighted by molar-refractivity contribution is -0.134. The fourth-order valence-electron chi connectivity index (χ4n) is 1.33. The smallest absolute Gasteiger partial charge is 0.389 e. The third-order valence-electron chi connectivity index (χ3n) is 2.21. The molecule has 6 heteroatoms. The molecule has 0 heterocycles. The van der Waals surface area contributed by atoms with Crippen molar-refractivity contribution in [2.75, 3.05) is 24.7 Å². The van der Waals surface area contributed by atoms with Gasteiger partial charge in [-0.25, -0.2) is 0 Å². The van der Waals surface area contributed by atoms with E-state index >= 15 is 0 Å². The minimum atomic E-state index is -4.11. The summed E-state index contributed by atoms with van der Waals surface area (Å²) in [7, 11) is 1.51. The minimum absolute atomic E-state index is 0.0140. The molecule has 17 heavy (non-hydrogen) atoms. The van der Waals surface area contributed by atoms with Gasteiger partial charge in [0.2, 0.25) is 0 Å². The molecule has 3 nitrogen and oxygen atoms in total. The normalized spacial score (nSPS) is 11.3. The molecular weight excluding hydrogens is 233 g/mol. The second-order valence-corrected chi connectivity index (χ2v) is 3.60. The third-order valence-corrected chi connectivity index (χ3v) is 2.21. The number of nitrogens with two attached hydrogens (primary N) is 1. The molecule has 0 fully saturated rings. The summed E-state index contributed by atoms with van der Waals surface area (Å²) in [6, 6.07) is 4.99. The Morgan fingerprint density at radius 1 is 1.35 bits per heavy atom. The predicted octanol–water partition coefficient (Wildman–Crippen LogP) is 3.03. The van der Waals surface area contributed by atoms with Gasteiger partial charge in [-0.3, -0.25) is 0 Å². The zero-order valence-corrected chi connectivity index (χ0v) is 9.47. The largest absolute Gasteiger partial charge is 0.497 e. The van der Waals surface area contributed by atoms with Crippen LogP contribution in [-0.2, 0) is 0 Å². The number of anilines is 2. The highest BCUT2D eigenvalue weighted by Gasteiger charge is 2.25. The monoisotopic (exact) mass is 248 g/mol. The number of nitrogen functional groups attached to an aromatic ring is 1. The summed E-state index contributed by atoms with van der Waals surface area (Å²) >= 11 is 0. The van der Waals surface area contributed by atoms with Crippen LogP contribution in [0.4, 0.5) is 24.5 Å². The first-order valence-corrected chi connectivity index (χ1v) is 5.16. The highest BCUT2D eigenvalue weighted by atomic mass is 19.4. The van der Waals surface area contributed by atoms with Crippen LogP contribution < -0.4 is 15.8 Å². The maximum Gasteiger partial charge on any atom is 0.389 e. The van der Waals surface area contributed by atoms with Crippen LogP contribution >= 0.6 is 0 Å². The molecule has 0 radical (unpaired) electrons. The molecule has 0 aliphatic heterocycles. The fourth-order valence-corrected chi connectivity index (χ4v) is 1.33. The van der Waals surface area contributed by atoms with Crippen molar-refractivity contribution in [3.8, 4) is 5.75 Å². The zero-order chi connectivity index (χ0) is 12.9. The first-order valence-electron chi connectivity index (χ1n) is 5.16. The van der Waals surface area contributed by atoms with E-state index in [4.69, 9.17) is 10.5 Å². The van der Waals surface area contributed by atoms with E-state index in [0.717, 1.165) is 0 Å². The van der Waals surface area contributed by atoms with Crippen LogP contribution in [0, 0.1) is 0 Å². The van der Waals surface area contributed by atoms with E-state index in [1.165, 1.54) is 7.11 Å². The topological polar surface area (TPSA) is 47.3 Å². The molecule has 1 aromatic rings. The van der Waals surface area contributed by atoms with Crippen LogP contribution in [0.1, 0.15) is 12.8 Å². The van der Waals surface area contributed by atoms with E-state index in [2.05, 4.69) is 5.32 Å². The fraction of sp³-hybridized carbons (Fsp3) is 0.455. The zero-order valence-electron chi connectivity index (χ0n) is 9.47. The predicted molar refractivity (Wildman–Crippen MR) is 61.2 cm³/mol. The summed E-state index contributed by atoms with van der Waals surface area (Å²) in [4.78, 5) is 0. The van der Waals surface area contributed by atoms with Gasteiger partial charge in [0.25, 0.3) is 0 Å². The number of nitrogens with one attached hydrogen (secondary N) is 1. The average molecular weight is 248 g/mol. The Morgan fingerprint density at radius 3 is 2.65 bits per heavy atom. The quantitative estimate of drug-likeness (QED) is 0.622. The molecule has 0 amide bonds. The number of methoxy groups -OCH3 is 1. The minimum Gasteiger partial charge on any atom is -0.497 e. The van der Waals surface area contributed by atoms with Crippen LogP contribution in [0.3, 0.4) is 0 Å². The van der Waals surface area contributed by atoms with Gasteiger partial charge in [-0.05, 0) is 18.6 Å². The molecule has 0 aliphatic rings. The van der Waals surface area contributed by atoms with Crippen molar-refractivity contribution in [3.05, 3.63) is 18.2 Å². The summed E-state index contributed by atoms with van der Waals surface area (Å²) in [5, 5.41) is 2.86. The Hall–Kier alpha value is -1.59. The van der Waals surface area contributed by atoms with Crippen molar-refractivity contribution < 1.29 is 17.9 Å².